The molecular weight excluding hydrogens is 206 g/mol. The van der Waals surface area contributed by atoms with Crippen LogP contribution in [0.1, 0.15) is 37.7 Å². The minimum Gasteiger partial charge on any atom is -0.313 e. The molecule has 0 amide bonds. The molecule has 0 saturated heterocycles. The van der Waals surface area contributed by atoms with Crippen LogP contribution in [0.25, 0.3) is 0 Å². The first-order valence-corrected chi connectivity index (χ1v) is 6.17. The highest BCUT2D eigenvalue weighted by molar-refractivity contribution is 6.31. The lowest BCUT2D eigenvalue weighted by molar-refractivity contribution is 0.567. The fourth-order valence-corrected chi connectivity index (χ4v) is 2.17. The average Bonchev–Trinajstić information content (AvgIpc) is 3.05. The zero-order valence-corrected chi connectivity index (χ0v) is 9.93. The molecule has 0 bridgehead atoms. The summed E-state index contributed by atoms with van der Waals surface area (Å²) in [5, 5.41) is 4.48. The van der Waals surface area contributed by atoms with Gasteiger partial charge in [-0.25, -0.2) is 0 Å². The summed E-state index contributed by atoms with van der Waals surface area (Å²) >= 11 is 6.20. The van der Waals surface area contributed by atoms with Crippen LogP contribution in [0, 0.1) is 0 Å². The molecule has 0 heterocycles. The monoisotopic (exact) mass is 223 g/mol. The molecule has 1 fully saturated rings. The molecule has 0 aliphatic heterocycles. The van der Waals surface area contributed by atoms with Crippen molar-refractivity contribution in [3.8, 4) is 0 Å². The van der Waals surface area contributed by atoms with Gasteiger partial charge in [-0.05, 0) is 36.8 Å². The van der Waals surface area contributed by atoms with Crippen LogP contribution in [0.4, 0.5) is 0 Å². The maximum absolute atomic E-state index is 6.20. The highest BCUT2D eigenvalue weighted by Gasteiger charge is 2.22. The Morgan fingerprint density at radius 1 is 1.40 bits per heavy atom. The van der Waals surface area contributed by atoms with E-state index in [0.717, 1.165) is 24.0 Å². The molecule has 2 heteroatoms. The first-order valence-electron chi connectivity index (χ1n) is 5.79. The Morgan fingerprint density at radius 3 is 2.73 bits per heavy atom. The van der Waals surface area contributed by atoms with Gasteiger partial charge in [-0.1, -0.05) is 36.7 Å². The lowest BCUT2D eigenvalue weighted by Crippen LogP contribution is -2.23. The van der Waals surface area contributed by atoms with Crippen molar-refractivity contribution in [1.82, 2.24) is 5.32 Å². The molecular formula is C13H18ClN. The van der Waals surface area contributed by atoms with Gasteiger partial charge in [-0.2, -0.15) is 0 Å². The van der Waals surface area contributed by atoms with Gasteiger partial charge in [0.15, 0.2) is 0 Å². The molecule has 1 aliphatic rings. The number of halogens is 1. The van der Waals surface area contributed by atoms with E-state index < -0.39 is 0 Å². The van der Waals surface area contributed by atoms with Gasteiger partial charge >= 0.3 is 0 Å². The third kappa shape index (κ3) is 2.96. The highest BCUT2D eigenvalue weighted by atomic mass is 35.5. The Hall–Kier alpha value is -0.530. The molecule has 15 heavy (non-hydrogen) atoms. The van der Waals surface area contributed by atoms with Crippen LogP contribution in [-0.4, -0.2) is 12.6 Å². The molecule has 1 atom stereocenters. The topological polar surface area (TPSA) is 12.0 Å². The standard InChI is InChI=1S/C13H18ClN/c1-2-10(9-15-11-7-8-11)12-5-3-4-6-13(12)14/h3-6,10-11,15H,2,7-9H2,1H3. The minimum absolute atomic E-state index is 0.555. The van der Waals surface area contributed by atoms with Gasteiger partial charge in [0.2, 0.25) is 0 Å². The minimum atomic E-state index is 0.555. The Balaban J connectivity index is 2.00. The van der Waals surface area contributed by atoms with Crippen molar-refractivity contribution in [2.45, 2.75) is 38.1 Å². The van der Waals surface area contributed by atoms with Crippen molar-refractivity contribution in [1.29, 1.82) is 0 Å². The maximum atomic E-state index is 6.20. The molecule has 1 saturated carbocycles. The number of nitrogens with one attached hydrogen (secondary N) is 1. The maximum Gasteiger partial charge on any atom is 0.0441 e. The Bertz CT molecular complexity index is 320. The van der Waals surface area contributed by atoms with Crippen molar-refractivity contribution in [3.63, 3.8) is 0 Å². The largest absolute Gasteiger partial charge is 0.313 e. The predicted octanol–water partition coefficient (Wildman–Crippen LogP) is 3.59. The molecule has 1 aliphatic carbocycles. The van der Waals surface area contributed by atoms with Gasteiger partial charge in [-0.15, -0.1) is 0 Å². The molecule has 0 radical (unpaired) electrons. The van der Waals surface area contributed by atoms with E-state index in [0.29, 0.717) is 5.92 Å². The van der Waals surface area contributed by atoms with E-state index in [9.17, 15) is 0 Å². The van der Waals surface area contributed by atoms with E-state index in [1.807, 2.05) is 12.1 Å². The third-order valence-electron chi connectivity index (χ3n) is 3.07. The highest BCUT2D eigenvalue weighted by Crippen LogP contribution is 2.27. The lowest BCUT2D eigenvalue weighted by Gasteiger charge is -2.17. The molecule has 1 aromatic rings. The van der Waals surface area contributed by atoms with Gasteiger partial charge in [0.1, 0.15) is 0 Å². The van der Waals surface area contributed by atoms with Crippen LogP contribution in [0.3, 0.4) is 0 Å². The van der Waals surface area contributed by atoms with E-state index in [1.54, 1.807) is 0 Å². The molecule has 0 aromatic heterocycles. The van der Waals surface area contributed by atoms with Crippen LogP contribution in [0.15, 0.2) is 24.3 Å². The van der Waals surface area contributed by atoms with Crippen LogP contribution in [-0.2, 0) is 0 Å². The van der Waals surface area contributed by atoms with Gasteiger partial charge in [0.25, 0.3) is 0 Å². The van der Waals surface area contributed by atoms with E-state index in [4.69, 9.17) is 11.6 Å². The number of benzene rings is 1. The fourth-order valence-electron chi connectivity index (χ4n) is 1.88. The molecule has 2 rings (SSSR count). The second-order valence-corrected chi connectivity index (χ2v) is 4.72. The summed E-state index contributed by atoms with van der Waals surface area (Å²) in [6, 6.07) is 8.97. The van der Waals surface area contributed by atoms with Crippen molar-refractivity contribution >= 4 is 11.6 Å². The van der Waals surface area contributed by atoms with E-state index in [-0.39, 0.29) is 0 Å². The van der Waals surface area contributed by atoms with Gasteiger partial charge in [0.05, 0.1) is 0 Å². The first-order chi connectivity index (χ1) is 7.31. The first kappa shape index (κ1) is 11.0. The van der Waals surface area contributed by atoms with Crippen LogP contribution < -0.4 is 5.32 Å². The quantitative estimate of drug-likeness (QED) is 0.805. The lowest BCUT2D eigenvalue weighted by atomic mass is 9.96. The van der Waals surface area contributed by atoms with E-state index in [2.05, 4.69) is 24.4 Å². The summed E-state index contributed by atoms with van der Waals surface area (Å²) in [6.45, 7) is 3.29. The second kappa shape index (κ2) is 5.00. The van der Waals surface area contributed by atoms with Crippen molar-refractivity contribution in [2.24, 2.45) is 0 Å². The predicted molar refractivity (Wildman–Crippen MR) is 65.5 cm³/mol. The third-order valence-corrected chi connectivity index (χ3v) is 3.41. The number of hydrogen-bond donors (Lipinski definition) is 1. The van der Waals surface area contributed by atoms with Crippen molar-refractivity contribution in [3.05, 3.63) is 34.9 Å². The average molecular weight is 224 g/mol. The molecule has 1 N–H and O–H groups in total. The SMILES string of the molecule is CCC(CNC1CC1)c1ccccc1Cl. The summed E-state index contributed by atoms with van der Waals surface area (Å²) in [7, 11) is 0. The van der Waals surface area contributed by atoms with Crippen LogP contribution in [0.5, 0.6) is 0 Å². The van der Waals surface area contributed by atoms with Gasteiger partial charge in [-0.3, -0.25) is 0 Å². The smallest absolute Gasteiger partial charge is 0.0441 e. The Labute approximate surface area is 96.8 Å². The van der Waals surface area contributed by atoms with Crippen LogP contribution >= 0.6 is 11.6 Å². The summed E-state index contributed by atoms with van der Waals surface area (Å²) in [4.78, 5) is 0. The Morgan fingerprint density at radius 2 is 2.13 bits per heavy atom. The Kier molecular flexibility index (Phi) is 3.66. The van der Waals surface area contributed by atoms with Gasteiger partial charge < -0.3 is 5.32 Å². The van der Waals surface area contributed by atoms with Crippen molar-refractivity contribution in [2.75, 3.05) is 6.54 Å². The summed E-state index contributed by atoms with van der Waals surface area (Å²) < 4.78 is 0. The van der Waals surface area contributed by atoms with E-state index >= 15 is 0 Å². The van der Waals surface area contributed by atoms with Gasteiger partial charge in [0, 0.05) is 17.6 Å². The molecule has 1 aromatic carbocycles. The number of hydrogen-bond acceptors (Lipinski definition) is 1. The second-order valence-electron chi connectivity index (χ2n) is 4.31. The van der Waals surface area contributed by atoms with Crippen molar-refractivity contribution < 1.29 is 0 Å². The normalized spacial score (nSPS) is 17.7. The van der Waals surface area contributed by atoms with E-state index in [1.165, 1.54) is 18.4 Å². The molecule has 1 unspecified atom stereocenters. The fraction of sp³-hybridized carbons (Fsp3) is 0.538. The number of rotatable bonds is 5. The summed E-state index contributed by atoms with van der Waals surface area (Å²) in [5.41, 5.74) is 1.29. The molecule has 1 nitrogen and oxygen atoms in total. The zero-order chi connectivity index (χ0) is 10.7. The summed E-state index contributed by atoms with van der Waals surface area (Å²) in [5.74, 6) is 0.555. The van der Waals surface area contributed by atoms with Crippen LogP contribution in [0.2, 0.25) is 5.02 Å². The molecule has 82 valence electrons. The molecule has 0 spiro atoms. The zero-order valence-electron chi connectivity index (χ0n) is 9.17. The summed E-state index contributed by atoms with van der Waals surface area (Å²) in [6.07, 6.45) is 3.83.